The van der Waals surface area contributed by atoms with Crippen molar-refractivity contribution in [2.24, 2.45) is 0 Å². The van der Waals surface area contributed by atoms with E-state index < -0.39 is 0 Å². The Bertz CT molecular complexity index is 843. The lowest BCUT2D eigenvalue weighted by molar-refractivity contribution is 0.0947. The van der Waals surface area contributed by atoms with E-state index >= 15 is 0 Å². The van der Waals surface area contributed by atoms with Gasteiger partial charge in [0.2, 0.25) is 0 Å². The SMILES string of the molecule is Cc1cccc(-c2ccccc2C(=O)NCCOc2ccccc2)c1. The number of carbonyl (C=O) groups is 1. The van der Waals surface area contributed by atoms with E-state index in [-0.39, 0.29) is 5.91 Å². The van der Waals surface area contributed by atoms with E-state index in [1.54, 1.807) is 0 Å². The number of aryl methyl sites for hydroxylation is 1. The van der Waals surface area contributed by atoms with Crippen LogP contribution >= 0.6 is 0 Å². The standard InChI is InChI=1S/C22H21NO2/c1-17-8-7-9-18(16-17)20-12-5-6-13-21(20)22(24)23-14-15-25-19-10-3-2-4-11-19/h2-13,16H,14-15H2,1H3,(H,23,24). The molecule has 0 radical (unpaired) electrons. The zero-order chi connectivity index (χ0) is 17.5. The largest absolute Gasteiger partial charge is 0.492 e. The first kappa shape index (κ1) is 16.8. The van der Waals surface area contributed by atoms with Crippen molar-refractivity contribution in [1.29, 1.82) is 0 Å². The number of rotatable bonds is 6. The second-order valence-electron chi connectivity index (χ2n) is 5.83. The summed E-state index contributed by atoms with van der Waals surface area (Å²) in [4.78, 5) is 12.6. The zero-order valence-electron chi connectivity index (χ0n) is 14.2. The minimum absolute atomic E-state index is 0.0891. The molecule has 25 heavy (non-hydrogen) atoms. The Morgan fingerprint density at radius 1 is 0.920 bits per heavy atom. The summed E-state index contributed by atoms with van der Waals surface area (Å²) in [5.41, 5.74) is 3.83. The summed E-state index contributed by atoms with van der Waals surface area (Å²) in [7, 11) is 0. The Kier molecular flexibility index (Phi) is 5.47. The highest BCUT2D eigenvalue weighted by Crippen LogP contribution is 2.24. The van der Waals surface area contributed by atoms with Crippen LogP contribution in [0.2, 0.25) is 0 Å². The van der Waals surface area contributed by atoms with Gasteiger partial charge in [0.15, 0.2) is 0 Å². The maximum atomic E-state index is 12.6. The average Bonchev–Trinajstić information content (AvgIpc) is 2.66. The second-order valence-corrected chi connectivity index (χ2v) is 5.83. The predicted molar refractivity (Wildman–Crippen MR) is 101 cm³/mol. The van der Waals surface area contributed by atoms with Gasteiger partial charge in [-0.25, -0.2) is 0 Å². The number of para-hydroxylation sites is 1. The number of hydrogen-bond acceptors (Lipinski definition) is 2. The number of benzene rings is 3. The van der Waals surface area contributed by atoms with E-state index in [0.717, 1.165) is 16.9 Å². The van der Waals surface area contributed by atoms with Crippen LogP contribution in [0.1, 0.15) is 15.9 Å². The Balaban J connectivity index is 1.64. The van der Waals surface area contributed by atoms with Gasteiger partial charge in [-0.2, -0.15) is 0 Å². The van der Waals surface area contributed by atoms with E-state index in [1.165, 1.54) is 5.56 Å². The molecule has 0 aliphatic heterocycles. The van der Waals surface area contributed by atoms with Gasteiger partial charge in [0, 0.05) is 5.56 Å². The van der Waals surface area contributed by atoms with Crippen LogP contribution < -0.4 is 10.1 Å². The molecule has 0 atom stereocenters. The molecule has 0 unspecified atom stereocenters. The molecule has 3 aromatic carbocycles. The molecular formula is C22H21NO2. The smallest absolute Gasteiger partial charge is 0.252 e. The van der Waals surface area contributed by atoms with Crippen molar-refractivity contribution in [1.82, 2.24) is 5.32 Å². The van der Waals surface area contributed by atoms with E-state index in [2.05, 4.69) is 11.4 Å². The second kappa shape index (κ2) is 8.15. The molecule has 1 amide bonds. The van der Waals surface area contributed by atoms with Gasteiger partial charge in [-0.05, 0) is 36.2 Å². The molecule has 0 bridgehead atoms. The molecule has 0 spiro atoms. The summed E-state index contributed by atoms with van der Waals surface area (Å²) in [6.07, 6.45) is 0. The molecule has 0 saturated heterocycles. The Morgan fingerprint density at radius 2 is 1.68 bits per heavy atom. The highest BCUT2D eigenvalue weighted by atomic mass is 16.5. The first-order chi connectivity index (χ1) is 12.2. The molecule has 0 fully saturated rings. The lowest BCUT2D eigenvalue weighted by atomic mass is 9.98. The van der Waals surface area contributed by atoms with Gasteiger partial charge in [0.25, 0.3) is 5.91 Å². The van der Waals surface area contributed by atoms with Gasteiger partial charge in [-0.3, -0.25) is 4.79 Å². The van der Waals surface area contributed by atoms with Crippen LogP contribution in [0.3, 0.4) is 0 Å². The molecule has 3 nitrogen and oxygen atoms in total. The van der Waals surface area contributed by atoms with Crippen LogP contribution in [0.25, 0.3) is 11.1 Å². The van der Waals surface area contributed by atoms with Crippen LogP contribution in [0, 0.1) is 6.92 Å². The van der Waals surface area contributed by atoms with Crippen LogP contribution in [-0.4, -0.2) is 19.1 Å². The van der Waals surface area contributed by atoms with Crippen molar-refractivity contribution in [2.75, 3.05) is 13.2 Å². The van der Waals surface area contributed by atoms with Crippen molar-refractivity contribution < 1.29 is 9.53 Å². The van der Waals surface area contributed by atoms with Gasteiger partial charge >= 0.3 is 0 Å². The van der Waals surface area contributed by atoms with Crippen molar-refractivity contribution in [3.8, 4) is 16.9 Å². The molecule has 0 heterocycles. The van der Waals surface area contributed by atoms with E-state index in [0.29, 0.717) is 18.7 Å². The van der Waals surface area contributed by atoms with Crippen molar-refractivity contribution in [2.45, 2.75) is 6.92 Å². The summed E-state index contributed by atoms with van der Waals surface area (Å²) in [6.45, 7) is 2.94. The summed E-state index contributed by atoms with van der Waals surface area (Å²) in [6, 6.07) is 25.4. The molecule has 0 aliphatic carbocycles. The topological polar surface area (TPSA) is 38.3 Å². The average molecular weight is 331 g/mol. The molecule has 0 saturated carbocycles. The van der Waals surface area contributed by atoms with Crippen LogP contribution in [0.5, 0.6) is 5.75 Å². The molecule has 3 rings (SSSR count). The third-order valence-corrected chi connectivity index (χ3v) is 3.90. The quantitative estimate of drug-likeness (QED) is 0.677. The van der Waals surface area contributed by atoms with Gasteiger partial charge in [-0.15, -0.1) is 0 Å². The highest BCUT2D eigenvalue weighted by Gasteiger charge is 2.12. The summed E-state index contributed by atoms with van der Waals surface area (Å²) in [5.74, 6) is 0.714. The summed E-state index contributed by atoms with van der Waals surface area (Å²) in [5, 5.41) is 2.93. The lowest BCUT2D eigenvalue weighted by Gasteiger charge is -2.11. The normalized spacial score (nSPS) is 10.3. The molecule has 0 aromatic heterocycles. The van der Waals surface area contributed by atoms with E-state index in [9.17, 15) is 4.79 Å². The number of amides is 1. The fourth-order valence-corrected chi connectivity index (χ4v) is 2.69. The number of hydrogen-bond donors (Lipinski definition) is 1. The number of ether oxygens (including phenoxy) is 1. The van der Waals surface area contributed by atoms with Crippen molar-refractivity contribution in [3.63, 3.8) is 0 Å². The van der Waals surface area contributed by atoms with Crippen LogP contribution in [-0.2, 0) is 0 Å². The van der Waals surface area contributed by atoms with Gasteiger partial charge in [0.05, 0.1) is 6.54 Å². The first-order valence-electron chi connectivity index (χ1n) is 8.36. The Morgan fingerprint density at radius 3 is 2.48 bits per heavy atom. The highest BCUT2D eigenvalue weighted by molar-refractivity contribution is 6.00. The summed E-state index contributed by atoms with van der Waals surface area (Å²) >= 11 is 0. The minimum Gasteiger partial charge on any atom is -0.492 e. The first-order valence-corrected chi connectivity index (χ1v) is 8.36. The third-order valence-electron chi connectivity index (χ3n) is 3.90. The number of nitrogens with one attached hydrogen (secondary N) is 1. The fourth-order valence-electron chi connectivity index (χ4n) is 2.69. The lowest BCUT2D eigenvalue weighted by Crippen LogP contribution is -2.28. The van der Waals surface area contributed by atoms with Gasteiger partial charge in [0.1, 0.15) is 12.4 Å². The van der Waals surface area contributed by atoms with Crippen molar-refractivity contribution >= 4 is 5.91 Å². The van der Waals surface area contributed by atoms with Crippen molar-refractivity contribution in [3.05, 3.63) is 90.0 Å². The molecule has 3 heteroatoms. The maximum Gasteiger partial charge on any atom is 0.252 e. The van der Waals surface area contributed by atoms with E-state index in [4.69, 9.17) is 4.74 Å². The molecule has 1 N–H and O–H groups in total. The fraction of sp³-hybridized carbons (Fsp3) is 0.136. The summed E-state index contributed by atoms with van der Waals surface area (Å²) < 4.78 is 5.61. The van der Waals surface area contributed by atoms with Crippen LogP contribution in [0.15, 0.2) is 78.9 Å². The zero-order valence-corrected chi connectivity index (χ0v) is 14.2. The maximum absolute atomic E-state index is 12.6. The monoisotopic (exact) mass is 331 g/mol. The molecule has 3 aromatic rings. The number of carbonyl (C=O) groups excluding carboxylic acids is 1. The Labute approximate surface area is 148 Å². The van der Waals surface area contributed by atoms with E-state index in [1.807, 2.05) is 79.7 Å². The van der Waals surface area contributed by atoms with Crippen LogP contribution in [0.4, 0.5) is 0 Å². The molecule has 0 aliphatic rings. The molecule has 126 valence electrons. The minimum atomic E-state index is -0.0891. The Hall–Kier alpha value is -3.07. The van der Waals surface area contributed by atoms with Gasteiger partial charge < -0.3 is 10.1 Å². The van der Waals surface area contributed by atoms with Gasteiger partial charge in [-0.1, -0.05) is 66.2 Å². The predicted octanol–water partition coefficient (Wildman–Crippen LogP) is 4.47. The molecular weight excluding hydrogens is 310 g/mol. The third kappa shape index (κ3) is 4.48.